The molecule has 6 aliphatic heterocycles. The lowest BCUT2D eigenvalue weighted by Gasteiger charge is -2.39. The minimum atomic E-state index is -6.13. The van der Waals surface area contributed by atoms with Crippen molar-refractivity contribution in [1.29, 1.82) is 0 Å². The van der Waals surface area contributed by atoms with Gasteiger partial charge >= 0.3 is 5.51 Å². The number of allylic oxidation sites excluding steroid dienone is 1. The molecule has 5 aromatic rings. The molecule has 0 spiro atoms. The molecule has 494 valence electrons. The molecule has 6 heterocycles. The highest BCUT2D eigenvalue weighted by Gasteiger charge is 2.49. The van der Waals surface area contributed by atoms with Crippen molar-refractivity contribution in [2.24, 2.45) is 23.2 Å². The van der Waals surface area contributed by atoms with Gasteiger partial charge in [0.05, 0.1) is 21.7 Å². The van der Waals surface area contributed by atoms with Gasteiger partial charge in [-0.15, -0.1) is 11.8 Å². The minimum Gasteiger partial charge on any atom is -0.380 e. The third-order valence-electron chi connectivity index (χ3n) is 19.6. The highest BCUT2D eigenvalue weighted by atomic mass is 35.5. The van der Waals surface area contributed by atoms with Crippen molar-refractivity contribution in [3.63, 3.8) is 0 Å². The average Bonchev–Trinajstić information content (AvgIpc) is 1.76. The number of hydrogen-bond acceptors (Lipinski definition) is 16. The quantitative estimate of drug-likeness (QED) is 0.0489. The van der Waals surface area contributed by atoms with Crippen LogP contribution in [-0.4, -0.2) is 174 Å². The molecule has 1 aliphatic carbocycles. The smallest absolute Gasteiger partial charge is 0.380 e. The number of alkyl halides is 3. The van der Waals surface area contributed by atoms with Gasteiger partial charge < -0.3 is 24.9 Å². The number of nitrogens with zero attached hydrogens (tertiary/aromatic N) is 6. The zero-order valence-electron chi connectivity index (χ0n) is 52.0. The molecule has 3 unspecified atom stereocenters. The van der Waals surface area contributed by atoms with E-state index < -0.39 is 82.5 Å². The Morgan fingerprint density at radius 1 is 0.731 bits per heavy atom. The fraction of sp³-hybridized carbons (Fsp3) is 0.456. The van der Waals surface area contributed by atoms with Crippen molar-refractivity contribution in [3.05, 3.63) is 148 Å². The monoisotopic (exact) mass is 1350 g/mol. The van der Waals surface area contributed by atoms with Gasteiger partial charge in [-0.05, 0) is 164 Å². The van der Waals surface area contributed by atoms with Crippen molar-refractivity contribution >= 4 is 95.4 Å². The number of sulfone groups is 1. The Balaban J connectivity index is 0.645. The van der Waals surface area contributed by atoms with Crippen LogP contribution in [0.2, 0.25) is 5.02 Å². The lowest BCUT2D eigenvalue weighted by Crippen LogP contribution is -2.54. The van der Waals surface area contributed by atoms with Gasteiger partial charge in [-0.1, -0.05) is 61.4 Å². The van der Waals surface area contributed by atoms with Crippen LogP contribution in [0.3, 0.4) is 0 Å². The molecule has 0 saturated carbocycles. The van der Waals surface area contributed by atoms with Gasteiger partial charge in [0.25, 0.3) is 37.6 Å². The summed E-state index contributed by atoms with van der Waals surface area (Å²) in [6, 6.07) is 30.0. The molecule has 93 heavy (non-hydrogen) atoms. The van der Waals surface area contributed by atoms with Crippen LogP contribution in [0.25, 0.3) is 5.57 Å². The molecule has 7 aliphatic rings. The summed E-state index contributed by atoms with van der Waals surface area (Å²) >= 11 is 7.68. The van der Waals surface area contributed by atoms with E-state index in [9.17, 15) is 54.0 Å². The molecule has 0 bridgehead atoms. The molecule has 5 fully saturated rings. The first-order valence-electron chi connectivity index (χ1n) is 31.9. The Morgan fingerprint density at radius 3 is 2.06 bits per heavy atom. The van der Waals surface area contributed by atoms with Gasteiger partial charge in [-0.2, -0.15) is 13.2 Å². The number of nitrogens with one attached hydrogen (secondary N) is 3. The van der Waals surface area contributed by atoms with Gasteiger partial charge in [0.2, 0.25) is 11.8 Å². The number of sulfonamides is 1. The van der Waals surface area contributed by atoms with Crippen LogP contribution < -0.4 is 25.2 Å². The number of carbonyl (C=O) groups is 5. The molecular formula is C68H77ClF3N9O9S3. The first-order chi connectivity index (χ1) is 44.3. The van der Waals surface area contributed by atoms with E-state index >= 15 is 0 Å². The highest BCUT2D eigenvalue weighted by Crippen LogP contribution is 2.44. The second-order valence-electron chi connectivity index (χ2n) is 26.6. The predicted octanol–water partition coefficient (Wildman–Crippen LogP) is 9.68. The molecule has 25 heteroatoms. The maximum Gasteiger partial charge on any atom is 0.501 e. The Kier molecular flexibility index (Phi) is 19.3. The van der Waals surface area contributed by atoms with Gasteiger partial charge in [-0.25, -0.2) is 21.6 Å². The van der Waals surface area contributed by atoms with Crippen molar-refractivity contribution in [3.8, 4) is 0 Å². The average molecular weight is 1350 g/mol. The second kappa shape index (κ2) is 27.1. The first-order valence-corrected chi connectivity index (χ1v) is 36.2. The lowest BCUT2D eigenvalue weighted by atomic mass is 9.73. The maximum absolute atomic E-state index is 14.6. The van der Waals surface area contributed by atoms with Crippen LogP contribution in [0.4, 0.5) is 30.2 Å². The molecule has 18 nitrogen and oxygen atoms in total. The van der Waals surface area contributed by atoms with Gasteiger partial charge in [0, 0.05) is 130 Å². The largest absolute Gasteiger partial charge is 0.501 e. The Hall–Kier alpha value is -6.80. The fourth-order valence-electron chi connectivity index (χ4n) is 14.6. The van der Waals surface area contributed by atoms with Crippen molar-refractivity contribution < 1.29 is 54.0 Å². The summed E-state index contributed by atoms with van der Waals surface area (Å²) in [5, 5.41) is 6.03. The number of carbonyl (C=O) groups excluding carboxylic acids is 5. The molecule has 12 rings (SSSR count). The minimum absolute atomic E-state index is 0.0183. The van der Waals surface area contributed by atoms with Crippen molar-refractivity contribution in [2.45, 2.75) is 97.5 Å². The van der Waals surface area contributed by atoms with E-state index in [0.717, 1.165) is 144 Å². The number of imide groups is 2. The number of likely N-dealkylation sites (tertiary alicyclic amines) is 2. The van der Waals surface area contributed by atoms with Crippen LogP contribution >= 0.6 is 23.4 Å². The number of rotatable bonds is 20. The van der Waals surface area contributed by atoms with E-state index in [1.807, 2.05) is 53.3 Å². The normalized spacial score (nSPS) is 22.3. The standard InChI is InChI=1S/C68H77ClF3N9O9S3/c1-67(2)26-22-56(45-8-12-50(69)13-9-45)47(36-67)38-76-30-32-80(33-31-76)52-14-10-46(11-15-52)63(83)75-93(89,90)55-17-19-59(61(35-55)92(87,88)68(70,71)72)73-51(43-91-54-6-4-3-5-7-54)25-27-77-39-48-41-78(42-49(48)40-77)37-44-23-28-79(29-24-44)53-16-18-57-58(34-53)66(86)81(65(57)85)60-20-21-62(82)74-64(60)84/h3-19,34-35,44,48-49,51,60,73H,20-33,36-43H2,1-2H3,(H,75,83)(H,74,82,84)/t48?,49?,51-,60?/m1/s1. The summed E-state index contributed by atoms with van der Waals surface area (Å²) < 4.78 is 100. The van der Waals surface area contributed by atoms with E-state index in [1.165, 1.54) is 40.6 Å². The van der Waals surface area contributed by atoms with E-state index in [1.54, 1.807) is 24.3 Å². The number of thioether (sulfide) groups is 1. The molecule has 4 atom stereocenters. The van der Waals surface area contributed by atoms with Gasteiger partial charge in [-0.3, -0.25) is 39.1 Å². The molecule has 5 aromatic carbocycles. The fourth-order valence-corrected chi connectivity index (χ4v) is 17.7. The zero-order chi connectivity index (χ0) is 65.6. The topological polar surface area (TPSA) is 209 Å². The van der Waals surface area contributed by atoms with Crippen molar-refractivity contribution in [1.82, 2.24) is 29.6 Å². The Morgan fingerprint density at radius 2 is 1.39 bits per heavy atom. The van der Waals surface area contributed by atoms with Crippen LogP contribution in [0.15, 0.2) is 136 Å². The third kappa shape index (κ3) is 14.9. The summed E-state index contributed by atoms with van der Waals surface area (Å²) in [6.07, 6.45) is 5.54. The number of anilines is 3. The molecule has 5 saturated heterocycles. The van der Waals surface area contributed by atoms with Crippen LogP contribution in [0.1, 0.15) is 102 Å². The van der Waals surface area contributed by atoms with E-state index in [2.05, 4.69) is 61.1 Å². The summed E-state index contributed by atoms with van der Waals surface area (Å²) in [6.45, 7) is 15.0. The Labute approximate surface area is 550 Å². The zero-order valence-corrected chi connectivity index (χ0v) is 55.2. The highest BCUT2D eigenvalue weighted by molar-refractivity contribution is 7.99. The summed E-state index contributed by atoms with van der Waals surface area (Å²) in [4.78, 5) is 76.2. The van der Waals surface area contributed by atoms with Crippen molar-refractivity contribution in [2.75, 3.05) is 106 Å². The predicted molar refractivity (Wildman–Crippen MR) is 353 cm³/mol. The molecule has 5 amide bonds. The lowest BCUT2D eigenvalue weighted by molar-refractivity contribution is -0.136. The number of fused-ring (bicyclic) bond motifs is 2. The number of benzene rings is 5. The van der Waals surface area contributed by atoms with Crippen LogP contribution in [0, 0.1) is 23.2 Å². The van der Waals surface area contributed by atoms with Crippen LogP contribution in [-0.2, 0) is 29.4 Å². The third-order valence-corrected chi connectivity index (χ3v) is 23.9. The Bertz CT molecular complexity index is 3930. The molecule has 0 radical (unpaired) electrons. The van der Waals surface area contributed by atoms with Gasteiger partial charge in [0.1, 0.15) is 10.9 Å². The van der Waals surface area contributed by atoms with E-state index in [0.29, 0.717) is 47.6 Å². The first kappa shape index (κ1) is 66.2. The number of piperazine rings is 1. The summed E-state index contributed by atoms with van der Waals surface area (Å²) in [5.74, 6) is -1.58. The number of halogens is 4. The van der Waals surface area contributed by atoms with E-state index in [-0.39, 0.29) is 34.9 Å². The SMILES string of the molecule is CC1(C)CCC(c2ccc(Cl)cc2)=C(CN2CCN(c3ccc(C(=O)NS(=O)(=O)c4ccc(N[C@H](CCN5CC6CN(CC7CCN(c8ccc9c(c8)C(=O)N(C8CCC(=O)NC8=O)C9=O)CC7)CC6C5)CSc5ccccc5)c(S(=O)(=O)C(F)(F)F)c4)cc3)CC2)C1. The molecule has 0 aromatic heterocycles. The summed E-state index contributed by atoms with van der Waals surface area (Å²) in [7, 11) is -11.0. The number of hydrogen-bond donors (Lipinski definition) is 3. The second-order valence-corrected chi connectivity index (χ2v) is 31.8. The maximum atomic E-state index is 14.6. The molecule has 3 N–H and O–H groups in total. The number of amides is 5. The van der Waals surface area contributed by atoms with Gasteiger partial charge in [0.15, 0.2) is 0 Å². The number of piperidine rings is 2. The van der Waals surface area contributed by atoms with E-state index in [4.69, 9.17) is 11.6 Å². The van der Waals surface area contributed by atoms with Crippen LogP contribution in [0.5, 0.6) is 0 Å². The summed E-state index contributed by atoms with van der Waals surface area (Å²) in [5.41, 5.74) is 0.175. The molecular weight excluding hydrogens is 1280 g/mol.